The average Bonchev–Trinajstić information content (AvgIpc) is 2.83. The van der Waals surface area contributed by atoms with E-state index in [1.54, 1.807) is 6.20 Å². The van der Waals surface area contributed by atoms with Gasteiger partial charge in [-0.05, 0) is 18.9 Å². The van der Waals surface area contributed by atoms with E-state index in [9.17, 15) is 4.79 Å². The molecule has 0 saturated heterocycles. The minimum absolute atomic E-state index is 0.184. The molecule has 1 aromatic heterocycles. The van der Waals surface area contributed by atoms with Gasteiger partial charge in [0.15, 0.2) is 0 Å². The van der Waals surface area contributed by atoms with Gasteiger partial charge in [0.05, 0.1) is 6.20 Å². The van der Waals surface area contributed by atoms with Crippen LogP contribution in [-0.2, 0) is 13.0 Å². The molecule has 0 spiro atoms. The summed E-state index contributed by atoms with van der Waals surface area (Å²) in [6.45, 7) is 2.85. The fraction of sp³-hybridized carbons (Fsp3) is 0.286. The van der Waals surface area contributed by atoms with Crippen molar-refractivity contribution in [2.24, 2.45) is 0 Å². The van der Waals surface area contributed by atoms with Crippen LogP contribution in [0.1, 0.15) is 16.9 Å². The van der Waals surface area contributed by atoms with E-state index in [2.05, 4.69) is 15.8 Å². The van der Waals surface area contributed by atoms with Gasteiger partial charge in [-0.25, -0.2) is 4.79 Å². The van der Waals surface area contributed by atoms with Crippen molar-refractivity contribution >= 4 is 6.03 Å². The Labute approximate surface area is 112 Å². The zero-order chi connectivity index (χ0) is 13.5. The van der Waals surface area contributed by atoms with E-state index in [1.807, 2.05) is 37.3 Å². The van der Waals surface area contributed by atoms with Crippen LogP contribution in [0.4, 0.5) is 4.79 Å². The molecule has 2 rings (SSSR count). The second kappa shape index (κ2) is 6.58. The molecular formula is C14H17N3O2. The minimum atomic E-state index is -0.184. The maximum atomic E-state index is 11.6. The normalized spacial score (nSPS) is 10.2. The number of benzene rings is 1. The molecule has 0 aliphatic heterocycles. The van der Waals surface area contributed by atoms with Crippen molar-refractivity contribution < 1.29 is 9.32 Å². The predicted octanol–water partition coefficient (Wildman–Crippen LogP) is 2.02. The summed E-state index contributed by atoms with van der Waals surface area (Å²) < 4.78 is 4.91. The molecule has 0 aliphatic rings. The van der Waals surface area contributed by atoms with Crippen LogP contribution in [-0.4, -0.2) is 17.7 Å². The number of amides is 2. The summed E-state index contributed by atoms with van der Waals surface area (Å²) in [6.07, 6.45) is 2.43. The molecule has 0 unspecified atom stereocenters. The summed E-state index contributed by atoms with van der Waals surface area (Å²) in [5.74, 6) is 0.726. The Bertz CT molecular complexity index is 522. The van der Waals surface area contributed by atoms with Gasteiger partial charge in [0.2, 0.25) is 0 Å². The number of aromatic nitrogens is 1. The van der Waals surface area contributed by atoms with E-state index in [4.69, 9.17) is 4.52 Å². The van der Waals surface area contributed by atoms with Crippen LogP contribution < -0.4 is 10.6 Å². The number of hydrogen-bond acceptors (Lipinski definition) is 3. The summed E-state index contributed by atoms with van der Waals surface area (Å²) in [5, 5.41) is 9.23. The van der Waals surface area contributed by atoms with Crippen LogP contribution in [0.2, 0.25) is 0 Å². The molecule has 19 heavy (non-hydrogen) atoms. The summed E-state index contributed by atoms with van der Waals surface area (Å²) in [4.78, 5) is 11.6. The number of carbonyl (C=O) groups is 1. The van der Waals surface area contributed by atoms with E-state index in [0.29, 0.717) is 13.1 Å². The number of urea groups is 1. The van der Waals surface area contributed by atoms with E-state index in [0.717, 1.165) is 17.7 Å². The lowest BCUT2D eigenvalue weighted by Gasteiger charge is -2.06. The number of rotatable bonds is 5. The fourth-order valence-electron chi connectivity index (χ4n) is 1.69. The van der Waals surface area contributed by atoms with Crippen molar-refractivity contribution in [1.29, 1.82) is 0 Å². The Morgan fingerprint density at radius 2 is 2.05 bits per heavy atom. The molecule has 5 heteroatoms. The maximum Gasteiger partial charge on any atom is 0.315 e. The van der Waals surface area contributed by atoms with Gasteiger partial charge < -0.3 is 15.2 Å². The van der Waals surface area contributed by atoms with Crippen LogP contribution in [0.3, 0.4) is 0 Å². The smallest absolute Gasteiger partial charge is 0.315 e. The molecule has 0 atom stereocenters. The molecule has 1 heterocycles. The number of hydrogen-bond donors (Lipinski definition) is 2. The number of nitrogens with one attached hydrogen (secondary N) is 2. The summed E-state index contributed by atoms with van der Waals surface area (Å²) in [7, 11) is 0. The SMILES string of the molecule is Cc1oncc1CNC(=O)NCCc1ccccc1. The van der Waals surface area contributed by atoms with Gasteiger partial charge in [0, 0.05) is 18.7 Å². The maximum absolute atomic E-state index is 11.6. The Hall–Kier alpha value is -2.30. The molecule has 0 fully saturated rings. The number of carbonyl (C=O) groups excluding carboxylic acids is 1. The highest BCUT2D eigenvalue weighted by molar-refractivity contribution is 5.73. The molecule has 100 valence electrons. The fourth-order valence-corrected chi connectivity index (χ4v) is 1.69. The van der Waals surface area contributed by atoms with Crippen molar-refractivity contribution in [3.63, 3.8) is 0 Å². The van der Waals surface area contributed by atoms with Crippen LogP contribution in [0.25, 0.3) is 0 Å². The highest BCUT2D eigenvalue weighted by atomic mass is 16.5. The molecular weight excluding hydrogens is 242 g/mol. The number of nitrogens with zero attached hydrogens (tertiary/aromatic N) is 1. The molecule has 2 aromatic rings. The quantitative estimate of drug-likeness (QED) is 0.863. The summed E-state index contributed by atoms with van der Waals surface area (Å²) in [5.41, 5.74) is 2.09. The highest BCUT2D eigenvalue weighted by Crippen LogP contribution is 2.04. The molecule has 0 saturated carbocycles. The summed E-state index contributed by atoms with van der Waals surface area (Å²) >= 11 is 0. The Morgan fingerprint density at radius 1 is 1.26 bits per heavy atom. The van der Waals surface area contributed by atoms with Crippen molar-refractivity contribution in [3.8, 4) is 0 Å². The van der Waals surface area contributed by atoms with Crippen LogP contribution in [0, 0.1) is 6.92 Å². The van der Waals surface area contributed by atoms with Crippen LogP contribution in [0.15, 0.2) is 41.1 Å². The lowest BCUT2D eigenvalue weighted by molar-refractivity contribution is 0.240. The van der Waals surface area contributed by atoms with Crippen molar-refractivity contribution in [3.05, 3.63) is 53.4 Å². The highest BCUT2D eigenvalue weighted by Gasteiger charge is 2.05. The van der Waals surface area contributed by atoms with Crippen LogP contribution >= 0.6 is 0 Å². The third-order valence-electron chi connectivity index (χ3n) is 2.83. The van der Waals surface area contributed by atoms with Crippen molar-refractivity contribution in [1.82, 2.24) is 15.8 Å². The second-order valence-electron chi connectivity index (χ2n) is 4.25. The Kier molecular flexibility index (Phi) is 4.55. The molecule has 1 aromatic carbocycles. The summed E-state index contributed by atoms with van der Waals surface area (Å²) in [6, 6.07) is 9.86. The number of aryl methyl sites for hydroxylation is 1. The first-order valence-electron chi connectivity index (χ1n) is 6.21. The lowest BCUT2D eigenvalue weighted by Crippen LogP contribution is -2.36. The van der Waals surface area contributed by atoms with Gasteiger partial charge in [-0.1, -0.05) is 35.5 Å². The Balaban J connectivity index is 1.66. The molecule has 0 radical (unpaired) electrons. The third-order valence-corrected chi connectivity index (χ3v) is 2.83. The molecule has 2 N–H and O–H groups in total. The average molecular weight is 259 g/mol. The van der Waals surface area contributed by atoms with Gasteiger partial charge in [-0.15, -0.1) is 0 Å². The van der Waals surface area contributed by atoms with Crippen molar-refractivity contribution in [2.45, 2.75) is 19.9 Å². The topological polar surface area (TPSA) is 67.2 Å². The molecule has 0 aliphatic carbocycles. The second-order valence-corrected chi connectivity index (χ2v) is 4.25. The molecule has 0 bridgehead atoms. The zero-order valence-corrected chi connectivity index (χ0v) is 10.8. The van der Waals surface area contributed by atoms with E-state index in [1.165, 1.54) is 5.56 Å². The van der Waals surface area contributed by atoms with E-state index >= 15 is 0 Å². The molecule has 5 nitrogen and oxygen atoms in total. The third kappa shape index (κ3) is 4.13. The van der Waals surface area contributed by atoms with Crippen molar-refractivity contribution in [2.75, 3.05) is 6.54 Å². The zero-order valence-electron chi connectivity index (χ0n) is 10.8. The first kappa shape index (κ1) is 13.1. The lowest BCUT2D eigenvalue weighted by atomic mass is 10.1. The van der Waals surface area contributed by atoms with E-state index < -0.39 is 0 Å². The van der Waals surface area contributed by atoms with Gasteiger partial charge >= 0.3 is 6.03 Å². The predicted molar refractivity (Wildman–Crippen MR) is 71.6 cm³/mol. The van der Waals surface area contributed by atoms with Gasteiger partial charge in [0.1, 0.15) is 5.76 Å². The van der Waals surface area contributed by atoms with Gasteiger partial charge in [-0.2, -0.15) is 0 Å². The first-order valence-corrected chi connectivity index (χ1v) is 6.21. The van der Waals surface area contributed by atoms with Gasteiger partial charge in [0.25, 0.3) is 0 Å². The standard InChI is InChI=1S/C14H17N3O2/c1-11-13(10-17-19-11)9-16-14(18)15-8-7-12-5-3-2-4-6-12/h2-6,10H,7-9H2,1H3,(H2,15,16,18). The van der Waals surface area contributed by atoms with Crippen LogP contribution in [0.5, 0.6) is 0 Å². The van der Waals surface area contributed by atoms with E-state index in [-0.39, 0.29) is 6.03 Å². The molecule has 2 amide bonds. The Morgan fingerprint density at radius 3 is 2.74 bits per heavy atom. The van der Waals surface area contributed by atoms with Gasteiger partial charge in [-0.3, -0.25) is 0 Å². The monoisotopic (exact) mass is 259 g/mol. The largest absolute Gasteiger partial charge is 0.361 e. The minimum Gasteiger partial charge on any atom is -0.361 e. The first-order chi connectivity index (χ1) is 9.25.